The SMILES string of the molecule is NS(=O)(=O)c1ccc(Nc2nc3c([N+](=O)[O-])cccc3s2)cc1. The van der Waals surface area contributed by atoms with Gasteiger partial charge in [-0.15, -0.1) is 0 Å². The Morgan fingerprint density at radius 1 is 1.17 bits per heavy atom. The lowest BCUT2D eigenvalue weighted by molar-refractivity contribution is -0.383. The lowest BCUT2D eigenvalue weighted by Crippen LogP contribution is -2.11. The number of benzene rings is 2. The van der Waals surface area contributed by atoms with Crippen molar-refractivity contribution in [1.82, 2.24) is 4.98 Å². The summed E-state index contributed by atoms with van der Waals surface area (Å²) in [5.41, 5.74) is 0.849. The second-order valence-electron chi connectivity index (χ2n) is 4.59. The van der Waals surface area contributed by atoms with Crippen molar-refractivity contribution in [1.29, 1.82) is 0 Å². The minimum Gasteiger partial charge on any atom is -0.332 e. The molecule has 118 valence electrons. The van der Waals surface area contributed by atoms with E-state index in [4.69, 9.17) is 5.14 Å². The van der Waals surface area contributed by atoms with Crippen LogP contribution in [0.3, 0.4) is 0 Å². The van der Waals surface area contributed by atoms with Crippen molar-refractivity contribution >= 4 is 48.1 Å². The van der Waals surface area contributed by atoms with Gasteiger partial charge in [-0.05, 0) is 30.3 Å². The van der Waals surface area contributed by atoms with E-state index in [1.807, 2.05) is 0 Å². The zero-order chi connectivity index (χ0) is 16.6. The number of sulfonamides is 1. The van der Waals surface area contributed by atoms with Crippen LogP contribution >= 0.6 is 11.3 Å². The smallest absolute Gasteiger partial charge is 0.296 e. The maximum atomic E-state index is 11.2. The van der Waals surface area contributed by atoms with E-state index in [1.54, 1.807) is 24.3 Å². The predicted molar refractivity (Wildman–Crippen MR) is 87.4 cm³/mol. The number of thiazole rings is 1. The molecule has 3 N–H and O–H groups in total. The van der Waals surface area contributed by atoms with Gasteiger partial charge in [-0.2, -0.15) is 0 Å². The zero-order valence-electron chi connectivity index (χ0n) is 11.5. The summed E-state index contributed by atoms with van der Waals surface area (Å²) in [5, 5.41) is 19.5. The Morgan fingerprint density at radius 2 is 1.87 bits per heavy atom. The van der Waals surface area contributed by atoms with Crippen LogP contribution in [0.4, 0.5) is 16.5 Å². The standard InChI is InChI=1S/C13H10N4O4S2/c14-23(20,21)9-6-4-8(5-7-9)15-13-16-12-10(17(18)19)2-1-3-11(12)22-13/h1-7H,(H,15,16)(H2,14,20,21). The first kappa shape index (κ1) is 15.3. The summed E-state index contributed by atoms with van der Waals surface area (Å²) in [5.74, 6) is 0. The number of primary sulfonamides is 1. The fraction of sp³-hybridized carbons (Fsp3) is 0. The number of non-ortho nitro benzene ring substituents is 1. The predicted octanol–water partition coefficient (Wildman–Crippen LogP) is 2.60. The molecule has 0 spiro atoms. The number of fused-ring (bicyclic) bond motifs is 1. The van der Waals surface area contributed by atoms with E-state index in [2.05, 4.69) is 10.3 Å². The van der Waals surface area contributed by atoms with E-state index in [9.17, 15) is 18.5 Å². The molecule has 1 aromatic heterocycles. The van der Waals surface area contributed by atoms with Crippen LogP contribution in [0, 0.1) is 10.1 Å². The van der Waals surface area contributed by atoms with Gasteiger partial charge in [-0.25, -0.2) is 18.5 Å². The average molecular weight is 350 g/mol. The summed E-state index contributed by atoms with van der Waals surface area (Å²) in [7, 11) is -3.74. The Hall–Kier alpha value is -2.56. The number of nitro groups is 1. The highest BCUT2D eigenvalue weighted by atomic mass is 32.2. The minimum atomic E-state index is -3.74. The van der Waals surface area contributed by atoms with Crippen LogP contribution in [-0.2, 0) is 10.0 Å². The van der Waals surface area contributed by atoms with Crippen LogP contribution < -0.4 is 10.5 Å². The lowest BCUT2D eigenvalue weighted by Gasteiger charge is -2.03. The van der Waals surface area contributed by atoms with Crippen molar-refractivity contribution in [3.05, 3.63) is 52.6 Å². The van der Waals surface area contributed by atoms with Crippen LogP contribution in [0.5, 0.6) is 0 Å². The number of hydrogen-bond donors (Lipinski definition) is 2. The van der Waals surface area contributed by atoms with Gasteiger partial charge >= 0.3 is 0 Å². The topological polar surface area (TPSA) is 128 Å². The number of anilines is 2. The second-order valence-corrected chi connectivity index (χ2v) is 7.19. The van der Waals surface area contributed by atoms with Crippen molar-refractivity contribution in [2.45, 2.75) is 4.90 Å². The molecule has 0 aliphatic heterocycles. The molecule has 0 atom stereocenters. The van der Waals surface area contributed by atoms with Crippen molar-refractivity contribution in [3.63, 3.8) is 0 Å². The van der Waals surface area contributed by atoms with E-state index in [0.717, 1.165) is 0 Å². The number of nitrogens with zero attached hydrogens (tertiary/aromatic N) is 2. The van der Waals surface area contributed by atoms with Gasteiger partial charge < -0.3 is 5.32 Å². The third kappa shape index (κ3) is 3.13. The van der Waals surface area contributed by atoms with Gasteiger partial charge in [0, 0.05) is 11.8 Å². The van der Waals surface area contributed by atoms with Gasteiger partial charge in [-0.1, -0.05) is 17.4 Å². The largest absolute Gasteiger partial charge is 0.332 e. The number of nitrogens with one attached hydrogen (secondary N) is 1. The normalized spacial score (nSPS) is 11.5. The molecule has 23 heavy (non-hydrogen) atoms. The maximum absolute atomic E-state index is 11.2. The molecule has 0 amide bonds. The number of aromatic nitrogens is 1. The first-order valence-electron chi connectivity index (χ1n) is 6.28. The van der Waals surface area contributed by atoms with Gasteiger partial charge in [0.25, 0.3) is 5.69 Å². The molecule has 0 radical (unpaired) electrons. The second kappa shape index (κ2) is 5.57. The molecule has 0 saturated heterocycles. The Morgan fingerprint density at radius 3 is 2.48 bits per heavy atom. The molecule has 0 bridgehead atoms. The fourth-order valence-electron chi connectivity index (χ4n) is 1.99. The summed E-state index contributed by atoms with van der Waals surface area (Å²) in [6, 6.07) is 10.6. The van der Waals surface area contributed by atoms with E-state index in [1.165, 1.54) is 29.5 Å². The Kier molecular flexibility index (Phi) is 3.72. The van der Waals surface area contributed by atoms with Gasteiger partial charge in [0.05, 0.1) is 14.5 Å². The Labute approximate surface area is 134 Å². The maximum Gasteiger partial charge on any atom is 0.296 e. The molecule has 8 nitrogen and oxygen atoms in total. The average Bonchev–Trinajstić information content (AvgIpc) is 2.88. The molecular formula is C13H10N4O4S2. The highest BCUT2D eigenvalue weighted by Gasteiger charge is 2.16. The molecule has 2 aromatic carbocycles. The van der Waals surface area contributed by atoms with Crippen molar-refractivity contribution < 1.29 is 13.3 Å². The minimum absolute atomic E-state index is 0.00277. The summed E-state index contributed by atoms with van der Waals surface area (Å²) in [6.45, 7) is 0. The number of rotatable bonds is 4. The number of para-hydroxylation sites is 1. The van der Waals surface area contributed by atoms with Crippen molar-refractivity contribution in [2.24, 2.45) is 5.14 Å². The number of hydrogen-bond acceptors (Lipinski definition) is 7. The zero-order valence-corrected chi connectivity index (χ0v) is 13.1. The quantitative estimate of drug-likeness (QED) is 0.550. The number of nitro benzene ring substituents is 1. The molecule has 1 heterocycles. The van der Waals surface area contributed by atoms with Crippen LogP contribution in [0.25, 0.3) is 10.2 Å². The third-order valence-corrected chi connectivity index (χ3v) is 4.89. The lowest BCUT2D eigenvalue weighted by atomic mass is 10.3. The molecule has 0 aliphatic rings. The van der Waals surface area contributed by atoms with Gasteiger partial charge in [0.15, 0.2) is 10.6 Å². The molecule has 3 aromatic rings. The summed E-state index contributed by atoms with van der Waals surface area (Å²) in [6.07, 6.45) is 0. The molecule has 10 heteroatoms. The highest BCUT2D eigenvalue weighted by molar-refractivity contribution is 7.89. The van der Waals surface area contributed by atoms with Gasteiger partial charge in [0.1, 0.15) is 0 Å². The first-order chi connectivity index (χ1) is 10.8. The summed E-state index contributed by atoms with van der Waals surface area (Å²) in [4.78, 5) is 14.7. The van der Waals surface area contributed by atoms with E-state index in [0.29, 0.717) is 21.0 Å². The van der Waals surface area contributed by atoms with E-state index < -0.39 is 14.9 Å². The highest BCUT2D eigenvalue weighted by Crippen LogP contribution is 2.33. The van der Waals surface area contributed by atoms with Gasteiger partial charge in [-0.3, -0.25) is 10.1 Å². The molecule has 0 saturated carbocycles. The van der Waals surface area contributed by atoms with Crippen LogP contribution in [0.15, 0.2) is 47.4 Å². The van der Waals surface area contributed by atoms with Gasteiger partial charge in [0.2, 0.25) is 10.0 Å². The van der Waals surface area contributed by atoms with E-state index in [-0.39, 0.29) is 10.6 Å². The van der Waals surface area contributed by atoms with E-state index >= 15 is 0 Å². The Bertz CT molecular complexity index is 996. The molecule has 0 aliphatic carbocycles. The summed E-state index contributed by atoms with van der Waals surface area (Å²) < 4.78 is 23.1. The summed E-state index contributed by atoms with van der Waals surface area (Å²) >= 11 is 1.26. The van der Waals surface area contributed by atoms with Crippen LogP contribution in [0.2, 0.25) is 0 Å². The molecule has 0 unspecified atom stereocenters. The molecule has 0 fully saturated rings. The van der Waals surface area contributed by atoms with Crippen molar-refractivity contribution in [3.8, 4) is 0 Å². The molecule has 3 rings (SSSR count). The Balaban J connectivity index is 1.93. The fourth-order valence-corrected chi connectivity index (χ4v) is 3.41. The number of nitrogens with two attached hydrogens (primary N) is 1. The first-order valence-corrected chi connectivity index (χ1v) is 8.65. The third-order valence-electron chi connectivity index (χ3n) is 3.03. The van der Waals surface area contributed by atoms with Crippen LogP contribution in [0.1, 0.15) is 0 Å². The monoisotopic (exact) mass is 350 g/mol. The van der Waals surface area contributed by atoms with Crippen LogP contribution in [-0.4, -0.2) is 18.3 Å². The molecular weight excluding hydrogens is 340 g/mol. The van der Waals surface area contributed by atoms with Crippen molar-refractivity contribution in [2.75, 3.05) is 5.32 Å².